The molecule has 3 heteroatoms. The van der Waals surface area contributed by atoms with Crippen LogP contribution in [0.5, 0.6) is 0 Å². The van der Waals surface area contributed by atoms with Crippen LogP contribution in [0.4, 0.5) is 0 Å². The molecule has 0 amide bonds. The minimum atomic E-state index is -3.46. The second kappa shape index (κ2) is 0.334. The third kappa shape index (κ3) is 0.0363. The fourth-order valence-electron chi connectivity index (χ4n) is 17.5. The van der Waals surface area contributed by atoms with Crippen molar-refractivity contribution in [3.8, 4) is 0 Å². The zero-order valence-corrected chi connectivity index (χ0v) is 9.05. The Morgan fingerprint density at radius 3 is 1.20 bits per heavy atom. The zero-order valence-electron chi connectivity index (χ0n) is 7.94. The standard InChI is InChI=1S/2C6H5O.Fe/c2*7-5-6-3-1-2-4-6;/h2*1-5H;. The number of carbonyl (C=O) groups excluding carboxylic acids is 2. The molecule has 8 unspecified atom stereocenters. The third-order valence-corrected chi connectivity index (χ3v) is 58.3. The monoisotopic (exact) mass is 242 g/mol. The first-order valence-electron chi connectivity index (χ1n) is 6.19. The molecule has 1 spiro atoms. The van der Waals surface area contributed by atoms with Crippen molar-refractivity contribution in [2.45, 2.75) is 47.2 Å². The average molecular weight is 242 g/mol. The Morgan fingerprint density at radius 2 is 1.07 bits per heavy atom. The van der Waals surface area contributed by atoms with Crippen molar-refractivity contribution < 1.29 is 16.1 Å². The first-order chi connectivity index (χ1) is 7.05. The van der Waals surface area contributed by atoms with E-state index in [1.165, 1.54) is 12.6 Å². The Labute approximate surface area is 76.1 Å². The van der Waals surface area contributed by atoms with Gasteiger partial charge in [-0.15, -0.1) is 0 Å². The fraction of sp³-hybridized carbons (Fsp3) is 0.833. The second-order valence-corrected chi connectivity index (χ2v) is 33.4. The Morgan fingerprint density at radius 1 is 0.733 bits per heavy atom. The van der Waals surface area contributed by atoms with Crippen molar-refractivity contribution in [3.63, 3.8) is 0 Å². The molecule has 10 fully saturated rings. The van der Waals surface area contributed by atoms with Crippen LogP contribution in [0.25, 0.3) is 0 Å². The van der Waals surface area contributed by atoms with Gasteiger partial charge in [0.15, 0.2) is 0 Å². The molecule has 10 heterocycles. The van der Waals surface area contributed by atoms with Gasteiger partial charge in [-0.25, -0.2) is 0 Å². The Hall–Kier alpha value is -0.141. The molecule has 0 saturated carbocycles. The first kappa shape index (κ1) is 5.01. The van der Waals surface area contributed by atoms with E-state index in [0.29, 0.717) is 0 Å². The molecule has 10 rings (SSSR count). The van der Waals surface area contributed by atoms with Crippen LogP contribution in [-0.4, -0.2) is 12.6 Å². The number of hydrogen-bond donors (Lipinski definition) is 0. The summed E-state index contributed by atoms with van der Waals surface area (Å²) in [5.74, 6) is 0. The third-order valence-electron chi connectivity index (χ3n) is 15.4. The summed E-state index contributed by atoms with van der Waals surface area (Å²) in [6, 6.07) is 0. The van der Waals surface area contributed by atoms with Gasteiger partial charge in [-0.1, -0.05) is 0 Å². The van der Waals surface area contributed by atoms with Gasteiger partial charge >= 0.3 is 75.8 Å². The topological polar surface area (TPSA) is 34.1 Å². The summed E-state index contributed by atoms with van der Waals surface area (Å²) in [6.45, 7) is -3.46. The van der Waals surface area contributed by atoms with Crippen LogP contribution in [0.2, 0.25) is 47.2 Å². The molecule has 0 aliphatic carbocycles. The van der Waals surface area contributed by atoms with Crippen molar-refractivity contribution in [1.82, 2.24) is 0 Å². The maximum absolute atomic E-state index is 11.7. The maximum atomic E-state index is 11.7. The van der Waals surface area contributed by atoms with E-state index < -0.39 is 6.51 Å². The van der Waals surface area contributed by atoms with Crippen LogP contribution < -0.4 is 0 Å². The normalized spacial score (nSPS) is 138. The van der Waals surface area contributed by atoms with E-state index in [9.17, 15) is 9.59 Å². The second-order valence-electron chi connectivity index (χ2n) is 10.1. The van der Waals surface area contributed by atoms with Gasteiger partial charge in [0, 0.05) is 0 Å². The summed E-state index contributed by atoms with van der Waals surface area (Å²) in [6.07, 6.45) is 2.87. The number of rotatable bonds is 2. The van der Waals surface area contributed by atoms with E-state index in [-0.39, 0.29) is 8.63 Å². The molecule has 2 nitrogen and oxygen atoms in total. The van der Waals surface area contributed by atoms with E-state index >= 15 is 0 Å². The number of fused-ring (bicyclic) bond motifs is 10. The molecule has 0 radical (unpaired) electrons. The van der Waals surface area contributed by atoms with E-state index in [0.717, 1.165) is 38.5 Å². The quantitative estimate of drug-likeness (QED) is 0.550. The zero-order chi connectivity index (χ0) is 9.35. The summed E-state index contributed by atoms with van der Waals surface area (Å²) >= 11 is 0. The van der Waals surface area contributed by atoms with Crippen LogP contribution in [-0.2, 0) is 16.1 Å². The van der Waals surface area contributed by atoms with Gasteiger partial charge in [0.05, 0.1) is 0 Å². The summed E-state index contributed by atoms with van der Waals surface area (Å²) < 4.78 is 0.574. The summed E-state index contributed by atoms with van der Waals surface area (Å²) in [5.41, 5.74) is 0. The first-order valence-corrected chi connectivity index (χ1v) is 12.4. The van der Waals surface area contributed by atoms with Gasteiger partial charge in [-0.05, 0) is 0 Å². The van der Waals surface area contributed by atoms with Gasteiger partial charge in [0.1, 0.15) is 0 Å². The number of aldehydes is 2. The van der Waals surface area contributed by atoms with E-state index in [4.69, 9.17) is 0 Å². The van der Waals surface area contributed by atoms with Gasteiger partial charge < -0.3 is 0 Å². The summed E-state index contributed by atoms with van der Waals surface area (Å²) in [4.78, 5) is 31.5. The molecule has 10 aliphatic heterocycles. The van der Waals surface area contributed by atoms with Crippen LogP contribution in [0.1, 0.15) is 0 Å². The van der Waals surface area contributed by atoms with Gasteiger partial charge in [0.2, 0.25) is 0 Å². The van der Waals surface area contributed by atoms with E-state index in [1.807, 2.05) is 0 Å². The van der Waals surface area contributed by atoms with Gasteiger partial charge in [0.25, 0.3) is 0 Å². The molecule has 8 atom stereocenters. The molecule has 10 aliphatic rings. The number of carbonyl (C=O) groups is 2. The Balaban J connectivity index is 1.96. The number of hydrogen-bond acceptors (Lipinski definition) is 2. The van der Waals surface area contributed by atoms with Gasteiger partial charge in [-0.3, -0.25) is 0 Å². The average Bonchev–Trinajstić information content (AvgIpc) is 3.22. The summed E-state index contributed by atoms with van der Waals surface area (Å²) in [5, 5.41) is 0. The van der Waals surface area contributed by atoms with Gasteiger partial charge in [-0.2, -0.15) is 0 Å². The van der Waals surface area contributed by atoms with Crippen molar-refractivity contribution in [1.29, 1.82) is 0 Å². The molecule has 0 aromatic rings. The van der Waals surface area contributed by atoms with Crippen LogP contribution in [0, 0.1) is 0 Å². The minimum absolute atomic E-state index is 0.287. The van der Waals surface area contributed by atoms with Crippen LogP contribution >= 0.6 is 0 Å². The molecule has 78 valence electrons. The fourth-order valence-corrected chi connectivity index (χ4v) is 92.1. The van der Waals surface area contributed by atoms with Crippen LogP contribution in [0.3, 0.4) is 0 Å². The molecular formula is C12H10FeO2. The Kier molecular flexibility index (Phi) is 0.112. The molecule has 0 aromatic heterocycles. The van der Waals surface area contributed by atoms with E-state index in [2.05, 4.69) is 0 Å². The predicted molar refractivity (Wildman–Crippen MR) is 47.5 cm³/mol. The van der Waals surface area contributed by atoms with Crippen LogP contribution in [0.15, 0.2) is 0 Å². The molecular weight excluding hydrogens is 232 g/mol. The molecule has 0 N–H and O–H groups in total. The molecule has 0 bridgehead atoms. The Bertz CT molecular complexity index is 914. The molecule has 0 aromatic carbocycles. The molecule has 10 saturated heterocycles. The van der Waals surface area contributed by atoms with Crippen molar-refractivity contribution in [2.24, 2.45) is 0 Å². The van der Waals surface area contributed by atoms with Crippen molar-refractivity contribution in [2.75, 3.05) is 0 Å². The molecule has 15 heavy (non-hydrogen) atoms. The summed E-state index contributed by atoms with van der Waals surface area (Å²) in [7, 11) is 0. The van der Waals surface area contributed by atoms with Crippen molar-refractivity contribution in [3.05, 3.63) is 0 Å². The van der Waals surface area contributed by atoms with Crippen molar-refractivity contribution >= 4 is 12.6 Å². The van der Waals surface area contributed by atoms with E-state index in [1.54, 1.807) is 0 Å². The predicted octanol–water partition coefficient (Wildman–Crippen LogP) is 2.51. The SMILES string of the molecule is O=C[C]12[CH]3[CH]4[CH]5[CH]1[Fe]45321678[CH]2[CH]1[CH]6[C]7(C=O)[CH]28.